The largest absolute Gasteiger partial charge is 0.381 e. The molecule has 0 atom stereocenters. The zero-order valence-electron chi connectivity index (χ0n) is 9.03. The minimum absolute atomic E-state index is 0.0263. The van der Waals surface area contributed by atoms with E-state index in [-0.39, 0.29) is 13.1 Å². The summed E-state index contributed by atoms with van der Waals surface area (Å²) in [4.78, 5) is 5.90. The monoisotopic (exact) mass is 228 g/mol. The van der Waals surface area contributed by atoms with E-state index in [1.807, 2.05) is 19.1 Å². The minimum Gasteiger partial charge on any atom is -0.381 e. The summed E-state index contributed by atoms with van der Waals surface area (Å²) in [6, 6.07) is 3.80. The minimum atomic E-state index is -2.67. The molecule has 1 aromatic heterocycles. The smallest absolute Gasteiger partial charge is 0.269 e. The average molecular weight is 228 g/mol. The highest BCUT2D eigenvalue weighted by molar-refractivity contribution is 5.14. The van der Waals surface area contributed by atoms with Gasteiger partial charge in [0.15, 0.2) is 5.60 Å². The molecule has 0 aliphatic carbocycles. The summed E-state index contributed by atoms with van der Waals surface area (Å²) >= 11 is 0. The van der Waals surface area contributed by atoms with Crippen LogP contribution in [0.15, 0.2) is 18.3 Å². The van der Waals surface area contributed by atoms with Crippen LogP contribution >= 0.6 is 0 Å². The number of pyridine rings is 1. The first-order valence-electron chi connectivity index (χ1n) is 5.14. The van der Waals surface area contributed by atoms with E-state index in [1.54, 1.807) is 11.1 Å². The molecule has 1 saturated heterocycles. The van der Waals surface area contributed by atoms with Crippen molar-refractivity contribution in [3.63, 3.8) is 0 Å². The highest BCUT2D eigenvalue weighted by atomic mass is 19.3. The molecule has 0 unspecified atom stereocenters. The molecule has 0 bridgehead atoms. The van der Waals surface area contributed by atoms with Gasteiger partial charge >= 0.3 is 0 Å². The fraction of sp³-hybridized carbons (Fsp3) is 0.545. The van der Waals surface area contributed by atoms with Gasteiger partial charge in [0.2, 0.25) is 0 Å². The zero-order chi connectivity index (χ0) is 11.8. The summed E-state index contributed by atoms with van der Waals surface area (Å²) in [6.07, 6.45) is -0.936. The molecule has 0 saturated carbocycles. The number of β-amino-alcohol motifs (C(OH)–C–C–N with tert-alkyl or cyclic N) is 1. The lowest BCUT2D eigenvalue weighted by Crippen LogP contribution is -2.65. The van der Waals surface area contributed by atoms with Crippen LogP contribution in [0.3, 0.4) is 0 Å². The number of alkyl halides is 2. The van der Waals surface area contributed by atoms with Crippen molar-refractivity contribution in [2.45, 2.75) is 25.5 Å². The molecule has 5 heteroatoms. The lowest BCUT2D eigenvalue weighted by Gasteiger charge is -2.45. The number of rotatable bonds is 3. The normalized spacial score (nSPS) is 19.8. The number of likely N-dealkylation sites (tertiary alicyclic amines) is 1. The Bertz CT molecular complexity index is 361. The van der Waals surface area contributed by atoms with E-state index in [1.165, 1.54) is 0 Å². The van der Waals surface area contributed by atoms with Crippen LogP contribution in [0.1, 0.15) is 11.3 Å². The number of aromatic nitrogens is 1. The fourth-order valence-electron chi connectivity index (χ4n) is 1.83. The third-order valence-corrected chi connectivity index (χ3v) is 2.78. The van der Waals surface area contributed by atoms with Crippen molar-refractivity contribution in [2.24, 2.45) is 0 Å². The van der Waals surface area contributed by atoms with Crippen molar-refractivity contribution < 1.29 is 13.9 Å². The molecule has 88 valence electrons. The van der Waals surface area contributed by atoms with E-state index in [4.69, 9.17) is 0 Å². The van der Waals surface area contributed by atoms with Crippen LogP contribution in [0.4, 0.5) is 8.78 Å². The van der Waals surface area contributed by atoms with Gasteiger partial charge in [0.05, 0.1) is 0 Å². The van der Waals surface area contributed by atoms with Gasteiger partial charge in [-0.1, -0.05) is 6.07 Å². The van der Waals surface area contributed by atoms with Gasteiger partial charge in [0, 0.05) is 31.5 Å². The molecule has 1 fully saturated rings. The molecule has 2 rings (SSSR count). The lowest BCUT2D eigenvalue weighted by molar-refractivity contribution is -0.181. The van der Waals surface area contributed by atoms with Crippen molar-refractivity contribution in [2.75, 3.05) is 13.1 Å². The van der Waals surface area contributed by atoms with Crippen molar-refractivity contribution >= 4 is 0 Å². The Morgan fingerprint density at radius 1 is 1.50 bits per heavy atom. The van der Waals surface area contributed by atoms with Crippen LogP contribution in [0, 0.1) is 6.92 Å². The maximum absolute atomic E-state index is 12.3. The second-order valence-corrected chi connectivity index (χ2v) is 4.36. The van der Waals surface area contributed by atoms with Crippen LogP contribution in [0.5, 0.6) is 0 Å². The molecule has 2 heterocycles. The fourth-order valence-corrected chi connectivity index (χ4v) is 1.83. The molecule has 0 radical (unpaired) electrons. The molecular formula is C11H14F2N2O. The van der Waals surface area contributed by atoms with Gasteiger partial charge in [-0.25, -0.2) is 8.78 Å². The van der Waals surface area contributed by atoms with Gasteiger partial charge in [-0.2, -0.15) is 0 Å². The van der Waals surface area contributed by atoms with Crippen LogP contribution in [-0.4, -0.2) is 40.1 Å². The molecule has 16 heavy (non-hydrogen) atoms. The predicted molar refractivity (Wildman–Crippen MR) is 55.2 cm³/mol. The topological polar surface area (TPSA) is 36.4 Å². The molecule has 0 spiro atoms. The second-order valence-electron chi connectivity index (χ2n) is 4.36. The van der Waals surface area contributed by atoms with Gasteiger partial charge < -0.3 is 5.11 Å². The first kappa shape index (κ1) is 11.4. The summed E-state index contributed by atoms with van der Waals surface area (Å²) in [7, 11) is 0. The Labute approximate surface area is 92.7 Å². The number of aliphatic hydroxyl groups is 1. The van der Waals surface area contributed by atoms with Crippen LogP contribution < -0.4 is 0 Å². The third-order valence-electron chi connectivity index (χ3n) is 2.78. The standard InChI is InChI=1S/C11H14F2N2O/c1-8-2-3-9(4-14-8)5-15-6-11(16,7-15)10(12)13/h2-4,10,16H,5-7H2,1H3. The van der Waals surface area contributed by atoms with Crippen molar-refractivity contribution in [3.8, 4) is 0 Å². The van der Waals surface area contributed by atoms with Crippen LogP contribution in [-0.2, 0) is 6.54 Å². The summed E-state index contributed by atoms with van der Waals surface area (Å²) in [5.74, 6) is 0. The maximum atomic E-state index is 12.3. The SMILES string of the molecule is Cc1ccc(CN2CC(O)(C(F)F)C2)cn1. The molecule has 1 aliphatic rings. The van der Waals surface area contributed by atoms with E-state index in [9.17, 15) is 13.9 Å². The number of hydrogen-bond acceptors (Lipinski definition) is 3. The molecule has 3 nitrogen and oxygen atoms in total. The highest BCUT2D eigenvalue weighted by Crippen LogP contribution is 2.28. The van der Waals surface area contributed by atoms with E-state index >= 15 is 0 Å². The highest BCUT2D eigenvalue weighted by Gasteiger charge is 2.48. The average Bonchev–Trinajstić information content (AvgIpc) is 2.18. The molecule has 1 N–H and O–H groups in total. The van der Waals surface area contributed by atoms with Gasteiger partial charge in [0.25, 0.3) is 6.43 Å². The van der Waals surface area contributed by atoms with Crippen molar-refractivity contribution in [1.29, 1.82) is 0 Å². The Morgan fingerprint density at radius 2 is 2.19 bits per heavy atom. The van der Waals surface area contributed by atoms with Crippen molar-refractivity contribution in [1.82, 2.24) is 9.88 Å². The van der Waals surface area contributed by atoms with Crippen LogP contribution in [0.2, 0.25) is 0 Å². The quantitative estimate of drug-likeness (QED) is 0.844. The van der Waals surface area contributed by atoms with Crippen molar-refractivity contribution in [3.05, 3.63) is 29.6 Å². The predicted octanol–water partition coefficient (Wildman–Crippen LogP) is 1.20. The van der Waals surface area contributed by atoms with Gasteiger partial charge in [-0.3, -0.25) is 9.88 Å². The zero-order valence-corrected chi connectivity index (χ0v) is 9.03. The van der Waals surface area contributed by atoms with E-state index in [0.29, 0.717) is 6.54 Å². The van der Waals surface area contributed by atoms with E-state index in [0.717, 1.165) is 11.3 Å². The number of nitrogens with zero attached hydrogens (tertiary/aromatic N) is 2. The molecule has 1 aromatic rings. The Morgan fingerprint density at radius 3 is 2.69 bits per heavy atom. The molecule has 0 aromatic carbocycles. The van der Waals surface area contributed by atoms with Crippen LogP contribution in [0.25, 0.3) is 0 Å². The first-order valence-corrected chi connectivity index (χ1v) is 5.14. The van der Waals surface area contributed by atoms with E-state index in [2.05, 4.69) is 4.98 Å². The van der Waals surface area contributed by atoms with Gasteiger partial charge in [-0.05, 0) is 18.6 Å². The molecule has 0 amide bonds. The summed E-state index contributed by atoms with van der Waals surface area (Å²) in [5.41, 5.74) is 0.0938. The Hall–Kier alpha value is -1.07. The summed E-state index contributed by atoms with van der Waals surface area (Å²) < 4.78 is 24.7. The Kier molecular flexibility index (Phi) is 2.90. The first-order chi connectivity index (χ1) is 7.49. The summed E-state index contributed by atoms with van der Waals surface area (Å²) in [5, 5.41) is 9.37. The van der Waals surface area contributed by atoms with Gasteiger partial charge in [-0.15, -0.1) is 0 Å². The number of hydrogen-bond donors (Lipinski definition) is 1. The maximum Gasteiger partial charge on any atom is 0.269 e. The summed E-state index contributed by atoms with van der Waals surface area (Å²) in [6.45, 7) is 2.50. The van der Waals surface area contributed by atoms with E-state index < -0.39 is 12.0 Å². The number of aryl methyl sites for hydroxylation is 1. The lowest BCUT2D eigenvalue weighted by atomic mass is 9.94. The number of halogens is 2. The molecular weight excluding hydrogens is 214 g/mol. The third kappa shape index (κ3) is 2.20. The van der Waals surface area contributed by atoms with Gasteiger partial charge in [0.1, 0.15) is 0 Å². The second kappa shape index (κ2) is 4.07. The Balaban J connectivity index is 1.88. The molecule has 1 aliphatic heterocycles.